The number of carbonyl (C=O) groups is 1. The maximum atomic E-state index is 11.0. The molecule has 0 bridgehead atoms. The van der Waals surface area contributed by atoms with Gasteiger partial charge in [-0.05, 0) is 40.4 Å². The molecule has 0 aromatic heterocycles. The molecule has 0 saturated carbocycles. The topological polar surface area (TPSA) is 73.4 Å². The van der Waals surface area contributed by atoms with Crippen LogP contribution in [0.2, 0.25) is 0 Å². The minimum Gasteiger partial charge on any atom is -0.480 e. The lowest BCUT2D eigenvalue weighted by Gasteiger charge is -2.27. The molecule has 0 radical (unpaired) electrons. The van der Waals surface area contributed by atoms with Gasteiger partial charge in [0.15, 0.2) is 0 Å². The summed E-state index contributed by atoms with van der Waals surface area (Å²) in [4.78, 5) is 11.0. The zero-order valence-corrected chi connectivity index (χ0v) is 17.8. The van der Waals surface area contributed by atoms with Crippen molar-refractivity contribution >= 4 is 5.97 Å². The molecule has 0 rings (SSSR count). The van der Waals surface area contributed by atoms with Crippen LogP contribution in [0.25, 0.3) is 0 Å². The maximum absolute atomic E-state index is 11.0. The summed E-state index contributed by atoms with van der Waals surface area (Å²) in [5.41, 5.74) is 0. The Hall–Kier alpha value is -0.650. The Labute approximate surface area is 162 Å². The van der Waals surface area contributed by atoms with Gasteiger partial charge in [0, 0.05) is 12.1 Å². The van der Waals surface area contributed by atoms with Crippen LogP contribution in [0.15, 0.2) is 0 Å². The molecule has 3 unspecified atom stereocenters. The lowest BCUT2D eigenvalue weighted by Crippen LogP contribution is -2.45. The highest BCUT2D eigenvalue weighted by atomic mass is 16.4. The number of hydrogen-bond acceptors (Lipinski definition) is 4. The molecular weight excluding hydrogens is 326 g/mol. The van der Waals surface area contributed by atoms with Crippen LogP contribution >= 0.6 is 0 Å². The van der Waals surface area contributed by atoms with Crippen LogP contribution in [-0.2, 0) is 4.79 Å². The summed E-state index contributed by atoms with van der Waals surface area (Å²) < 4.78 is 0. The van der Waals surface area contributed by atoms with Crippen molar-refractivity contribution in [3.05, 3.63) is 0 Å². The van der Waals surface area contributed by atoms with Gasteiger partial charge in [-0.25, -0.2) is 0 Å². The summed E-state index contributed by atoms with van der Waals surface area (Å²) in [5.74, 6) is -0.741. The van der Waals surface area contributed by atoms with E-state index in [-0.39, 0.29) is 0 Å². The summed E-state index contributed by atoms with van der Waals surface area (Å²) in [6.07, 6.45) is 15.7. The Morgan fingerprint density at radius 3 is 1.50 bits per heavy atom. The molecule has 5 nitrogen and oxygen atoms in total. The summed E-state index contributed by atoms with van der Waals surface area (Å²) in [7, 11) is 5.87. The number of likely N-dealkylation sites (N-methyl/N-ethyl adjacent to an activating group) is 3. The van der Waals surface area contributed by atoms with Crippen LogP contribution in [0, 0.1) is 0 Å². The zero-order chi connectivity index (χ0) is 19.6. The van der Waals surface area contributed by atoms with Crippen molar-refractivity contribution in [3.63, 3.8) is 0 Å². The van der Waals surface area contributed by atoms with E-state index in [1.54, 1.807) is 7.05 Å². The molecule has 0 heterocycles. The molecule has 0 saturated heterocycles. The first kappa shape index (κ1) is 25.4. The third-order valence-corrected chi connectivity index (χ3v) is 5.50. The van der Waals surface area contributed by atoms with Gasteiger partial charge in [-0.15, -0.1) is 0 Å². The SMILES string of the molecule is CCCCCCCCC(NC)C(CCCCCCC(NC)C(=O)O)NC. The Balaban J connectivity index is 3.87. The fraction of sp³-hybridized carbons (Fsp3) is 0.952. The van der Waals surface area contributed by atoms with Gasteiger partial charge in [-0.1, -0.05) is 71.1 Å². The van der Waals surface area contributed by atoms with Gasteiger partial charge in [0.25, 0.3) is 0 Å². The Morgan fingerprint density at radius 2 is 1.12 bits per heavy atom. The van der Waals surface area contributed by atoms with Crippen LogP contribution in [0.3, 0.4) is 0 Å². The van der Waals surface area contributed by atoms with Crippen molar-refractivity contribution in [2.75, 3.05) is 21.1 Å². The fourth-order valence-corrected chi connectivity index (χ4v) is 3.70. The Kier molecular flexibility index (Phi) is 17.3. The van der Waals surface area contributed by atoms with Crippen LogP contribution in [0.4, 0.5) is 0 Å². The van der Waals surface area contributed by atoms with E-state index in [1.807, 2.05) is 0 Å². The van der Waals surface area contributed by atoms with Crippen molar-refractivity contribution in [2.24, 2.45) is 0 Å². The molecule has 26 heavy (non-hydrogen) atoms. The second-order valence-electron chi connectivity index (χ2n) is 7.52. The summed E-state index contributed by atoms with van der Waals surface area (Å²) in [6.45, 7) is 2.26. The molecule has 0 aromatic rings. The predicted octanol–water partition coefficient (Wildman–Crippen LogP) is 3.93. The van der Waals surface area contributed by atoms with Gasteiger partial charge in [-0.3, -0.25) is 4.79 Å². The summed E-state index contributed by atoms with van der Waals surface area (Å²) in [6, 6.07) is 0.678. The molecule has 0 aliphatic carbocycles. The normalized spacial score (nSPS) is 14.9. The maximum Gasteiger partial charge on any atom is 0.320 e. The minimum atomic E-state index is -0.741. The summed E-state index contributed by atoms with van der Waals surface area (Å²) in [5, 5.41) is 18.9. The average molecular weight is 372 g/mol. The molecule has 0 fully saturated rings. The van der Waals surface area contributed by atoms with E-state index in [0.717, 1.165) is 19.3 Å². The largest absolute Gasteiger partial charge is 0.480 e. The number of nitrogens with one attached hydrogen (secondary N) is 3. The van der Waals surface area contributed by atoms with Crippen molar-refractivity contribution in [3.8, 4) is 0 Å². The lowest BCUT2D eigenvalue weighted by atomic mass is 9.95. The molecule has 0 aliphatic rings. The second-order valence-corrected chi connectivity index (χ2v) is 7.52. The van der Waals surface area contributed by atoms with E-state index >= 15 is 0 Å². The van der Waals surface area contributed by atoms with Crippen LogP contribution in [0.5, 0.6) is 0 Å². The van der Waals surface area contributed by atoms with Crippen LogP contribution in [0.1, 0.15) is 90.4 Å². The highest BCUT2D eigenvalue weighted by Gasteiger charge is 2.17. The van der Waals surface area contributed by atoms with Gasteiger partial charge < -0.3 is 21.1 Å². The van der Waals surface area contributed by atoms with E-state index in [1.165, 1.54) is 64.2 Å². The molecule has 3 atom stereocenters. The van der Waals surface area contributed by atoms with Gasteiger partial charge in [0.2, 0.25) is 0 Å². The number of unbranched alkanes of at least 4 members (excludes halogenated alkanes) is 8. The number of rotatable bonds is 19. The number of carboxylic acid groups (broad SMARTS) is 1. The molecule has 0 spiro atoms. The highest BCUT2D eigenvalue weighted by molar-refractivity contribution is 5.73. The van der Waals surface area contributed by atoms with Crippen LogP contribution < -0.4 is 16.0 Å². The van der Waals surface area contributed by atoms with Crippen molar-refractivity contribution in [2.45, 2.75) is 109 Å². The van der Waals surface area contributed by atoms with E-state index in [2.05, 4.69) is 37.0 Å². The third-order valence-electron chi connectivity index (χ3n) is 5.50. The van der Waals surface area contributed by atoms with E-state index in [9.17, 15) is 4.79 Å². The quantitative estimate of drug-likeness (QED) is 0.259. The first-order chi connectivity index (χ1) is 12.6. The molecule has 0 aromatic carbocycles. The monoisotopic (exact) mass is 371 g/mol. The molecule has 0 amide bonds. The first-order valence-electron chi connectivity index (χ1n) is 10.8. The van der Waals surface area contributed by atoms with Gasteiger partial charge >= 0.3 is 5.97 Å². The molecule has 4 N–H and O–H groups in total. The number of carboxylic acids is 1. The Bertz CT molecular complexity index is 326. The van der Waals surface area contributed by atoms with Gasteiger partial charge in [-0.2, -0.15) is 0 Å². The smallest absolute Gasteiger partial charge is 0.320 e. The van der Waals surface area contributed by atoms with E-state index in [0.29, 0.717) is 12.1 Å². The van der Waals surface area contributed by atoms with Gasteiger partial charge in [0.05, 0.1) is 0 Å². The summed E-state index contributed by atoms with van der Waals surface area (Å²) >= 11 is 0. The fourth-order valence-electron chi connectivity index (χ4n) is 3.70. The third kappa shape index (κ3) is 12.7. The van der Waals surface area contributed by atoms with Crippen molar-refractivity contribution in [1.29, 1.82) is 0 Å². The second kappa shape index (κ2) is 17.7. The number of hydrogen-bond donors (Lipinski definition) is 4. The zero-order valence-electron chi connectivity index (χ0n) is 17.8. The van der Waals surface area contributed by atoms with Crippen LogP contribution in [-0.4, -0.2) is 50.3 Å². The minimum absolute atomic E-state index is 0.397. The van der Waals surface area contributed by atoms with E-state index < -0.39 is 12.0 Å². The molecule has 156 valence electrons. The molecule has 0 aliphatic heterocycles. The van der Waals surface area contributed by atoms with Crippen molar-refractivity contribution < 1.29 is 9.90 Å². The highest BCUT2D eigenvalue weighted by Crippen LogP contribution is 2.15. The lowest BCUT2D eigenvalue weighted by molar-refractivity contribution is -0.139. The predicted molar refractivity (Wildman–Crippen MR) is 112 cm³/mol. The van der Waals surface area contributed by atoms with Gasteiger partial charge in [0.1, 0.15) is 6.04 Å². The molecular formula is C21H45N3O2. The van der Waals surface area contributed by atoms with E-state index in [4.69, 9.17) is 5.11 Å². The Morgan fingerprint density at radius 1 is 0.692 bits per heavy atom. The standard InChI is InChI=1S/C21H45N3O2/c1-5-6-7-8-9-12-15-18(22-2)19(23-3)16-13-10-11-14-17-20(24-4)21(25)26/h18-20,22-24H,5-17H2,1-4H3,(H,25,26). The van der Waals surface area contributed by atoms with Crippen molar-refractivity contribution in [1.82, 2.24) is 16.0 Å². The average Bonchev–Trinajstić information content (AvgIpc) is 2.64. The molecule has 5 heteroatoms. The number of aliphatic carboxylic acids is 1. The first-order valence-corrected chi connectivity index (χ1v) is 10.8.